The van der Waals surface area contributed by atoms with E-state index >= 15 is 0 Å². The zero-order chi connectivity index (χ0) is 12.8. The van der Waals surface area contributed by atoms with Gasteiger partial charge in [0.25, 0.3) is 0 Å². The van der Waals surface area contributed by atoms with Crippen LogP contribution in [-0.4, -0.2) is 31.1 Å². The summed E-state index contributed by atoms with van der Waals surface area (Å²) in [6.45, 7) is 0.0650. The maximum atomic E-state index is 10.9. The van der Waals surface area contributed by atoms with Crippen molar-refractivity contribution in [2.45, 2.75) is 6.42 Å². The van der Waals surface area contributed by atoms with Crippen LogP contribution in [0.5, 0.6) is 5.75 Å². The lowest BCUT2D eigenvalue weighted by Crippen LogP contribution is -2.24. The van der Waals surface area contributed by atoms with Crippen molar-refractivity contribution >= 4 is 29.7 Å². The lowest BCUT2D eigenvalue weighted by atomic mass is 10.2. The Morgan fingerprint density at radius 3 is 2.82 bits per heavy atom. The Labute approximate surface area is 104 Å². The van der Waals surface area contributed by atoms with E-state index in [2.05, 4.69) is 0 Å². The summed E-state index contributed by atoms with van der Waals surface area (Å²) in [4.78, 5) is 22.7. The molecule has 0 saturated heterocycles. The summed E-state index contributed by atoms with van der Waals surface area (Å²) >= 11 is 5.82. The Morgan fingerprint density at radius 1 is 1.59 bits per heavy atom. The second kappa shape index (κ2) is 6.10. The number of carbonyl (C=O) groups is 2. The van der Waals surface area contributed by atoms with Gasteiger partial charge in [-0.3, -0.25) is 9.59 Å². The Hall–Kier alpha value is -1.75. The number of amides is 1. The highest BCUT2D eigenvalue weighted by atomic mass is 35.5. The van der Waals surface area contributed by atoms with Gasteiger partial charge in [0.05, 0.1) is 19.2 Å². The van der Waals surface area contributed by atoms with Crippen LogP contribution in [-0.2, 0) is 9.59 Å². The molecule has 1 aromatic carbocycles. The van der Waals surface area contributed by atoms with Crippen LogP contribution in [0, 0.1) is 0 Å². The van der Waals surface area contributed by atoms with Gasteiger partial charge in [0.1, 0.15) is 5.75 Å². The van der Waals surface area contributed by atoms with E-state index in [4.69, 9.17) is 21.4 Å². The average Bonchev–Trinajstić information content (AvgIpc) is 2.30. The highest BCUT2D eigenvalue weighted by Crippen LogP contribution is 2.30. The predicted octanol–water partition coefficient (Wildman–Crippen LogP) is 1.79. The molecule has 1 N–H and O–H groups in total. The molecule has 6 heteroatoms. The van der Waals surface area contributed by atoms with Gasteiger partial charge in [0.15, 0.2) is 0 Å². The van der Waals surface area contributed by atoms with E-state index in [-0.39, 0.29) is 13.0 Å². The maximum Gasteiger partial charge on any atom is 0.305 e. The first-order chi connectivity index (χ1) is 8.08. The highest BCUT2D eigenvalue weighted by Gasteiger charge is 2.13. The van der Waals surface area contributed by atoms with Gasteiger partial charge < -0.3 is 14.7 Å². The van der Waals surface area contributed by atoms with E-state index in [0.717, 1.165) is 0 Å². The van der Waals surface area contributed by atoms with Crippen LogP contribution >= 0.6 is 11.6 Å². The highest BCUT2D eigenvalue weighted by molar-refractivity contribution is 6.31. The van der Waals surface area contributed by atoms with Crippen molar-refractivity contribution in [1.82, 2.24) is 0 Å². The number of halogens is 1. The van der Waals surface area contributed by atoms with Crippen molar-refractivity contribution in [3.8, 4) is 5.75 Å². The van der Waals surface area contributed by atoms with E-state index in [9.17, 15) is 9.59 Å². The summed E-state index contributed by atoms with van der Waals surface area (Å²) in [6.07, 6.45) is 0.408. The number of benzene rings is 1. The molecule has 17 heavy (non-hydrogen) atoms. The normalized spacial score (nSPS) is 9.76. The summed E-state index contributed by atoms with van der Waals surface area (Å²) in [5.41, 5.74) is 0.455. The van der Waals surface area contributed by atoms with Crippen LogP contribution in [0.3, 0.4) is 0 Å². The number of ether oxygens (including phenoxy) is 1. The topological polar surface area (TPSA) is 66.8 Å². The minimum absolute atomic E-state index is 0.0650. The van der Waals surface area contributed by atoms with Gasteiger partial charge in [-0.15, -0.1) is 0 Å². The molecule has 0 aliphatic heterocycles. The largest absolute Gasteiger partial charge is 0.495 e. The van der Waals surface area contributed by atoms with Crippen LogP contribution in [0.1, 0.15) is 6.42 Å². The van der Waals surface area contributed by atoms with Crippen LogP contribution < -0.4 is 9.64 Å². The van der Waals surface area contributed by atoms with Crippen LogP contribution in [0.15, 0.2) is 18.2 Å². The molecule has 0 saturated carbocycles. The van der Waals surface area contributed by atoms with Crippen molar-refractivity contribution < 1.29 is 19.4 Å². The summed E-state index contributed by atoms with van der Waals surface area (Å²) < 4.78 is 5.08. The van der Waals surface area contributed by atoms with Gasteiger partial charge in [-0.1, -0.05) is 11.6 Å². The number of nitrogens with zero attached hydrogens (tertiary/aromatic N) is 1. The number of carboxylic acid groups (broad SMARTS) is 1. The number of carboxylic acids is 1. The summed E-state index contributed by atoms with van der Waals surface area (Å²) in [7, 11) is 1.47. The van der Waals surface area contributed by atoms with E-state index in [1.165, 1.54) is 12.0 Å². The number of methoxy groups -OCH3 is 1. The molecule has 0 radical (unpaired) electrons. The Morgan fingerprint density at radius 2 is 2.29 bits per heavy atom. The average molecular weight is 258 g/mol. The molecule has 0 fully saturated rings. The third kappa shape index (κ3) is 3.64. The minimum Gasteiger partial charge on any atom is -0.495 e. The molecule has 5 nitrogen and oxygen atoms in total. The Kier molecular flexibility index (Phi) is 4.78. The fraction of sp³-hybridized carbons (Fsp3) is 0.273. The fourth-order valence-electron chi connectivity index (χ4n) is 1.33. The van der Waals surface area contributed by atoms with Crippen molar-refractivity contribution in [3.05, 3.63) is 23.2 Å². The van der Waals surface area contributed by atoms with Crippen molar-refractivity contribution in [1.29, 1.82) is 0 Å². The van der Waals surface area contributed by atoms with Gasteiger partial charge in [-0.05, 0) is 18.2 Å². The minimum atomic E-state index is -0.974. The third-order valence-corrected chi connectivity index (χ3v) is 2.38. The molecule has 0 bridgehead atoms. The smallest absolute Gasteiger partial charge is 0.305 e. The first kappa shape index (κ1) is 13.3. The van der Waals surface area contributed by atoms with Crippen LogP contribution in [0.2, 0.25) is 5.02 Å². The lowest BCUT2D eigenvalue weighted by Gasteiger charge is -2.19. The van der Waals surface area contributed by atoms with Crippen molar-refractivity contribution in [3.63, 3.8) is 0 Å². The molecule has 0 unspecified atom stereocenters. The molecule has 0 atom stereocenters. The number of anilines is 1. The molecule has 0 aliphatic carbocycles. The van der Waals surface area contributed by atoms with Crippen LogP contribution in [0.25, 0.3) is 0 Å². The van der Waals surface area contributed by atoms with Crippen LogP contribution in [0.4, 0.5) is 5.69 Å². The van der Waals surface area contributed by atoms with Gasteiger partial charge in [-0.2, -0.15) is 0 Å². The molecular weight excluding hydrogens is 246 g/mol. The molecule has 0 aliphatic rings. The van der Waals surface area contributed by atoms with Gasteiger partial charge in [0.2, 0.25) is 6.41 Å². The molecule has 1 aromatic rings. The maximum absolute atomic E-state index is 10.9. The quantitative estimate of drug-likeness (QED) is 0.789. The molecule has 1 rings (SSSR count). The zero-order valence-corrected chi connectivity index (χ0v) is 9.98. The standard InChI is InChI=1S/C11H12ClNO4/c1-17-10-3-2-8(12)6-9(10)13(7-14)5-4-11(15)16/h2-3,6-7H,4-5H2,1H3,(H,15,16). The predicted molar refractivity (Wildman–Crippen MR) is 63.7 cm³/mol. The molecule has 0 aromatic heterocycles. The Bertz CT molecular complexity index is 422. The monoisotopic (exact) mass is 257 g/mol. The van der Waals surface area contributed by atoms with Crippen molar-refractivity contribution in [2.75, 3.05) is 18.6 Å². The first-order valence-corrected chi connectivity index (χ1v) is 5.23. The van der Waals surface area contributed by atoms with Crippen molar-refractivity contribution in [2.24, 2.45) is 0 Å². The fourth-order valence-corrected chi connectivity index (χ4v) is 1.50. The summed E-state index contributed by atoms with van der Waals surface area (Å²) in [6, 6.07) is 4.80. The van der Waals surface area contributed by atoms with Gasteiger partial charge >= 0.3 is 5.97 Å². The molecule has 0 spiro atoms. The second-order valence-corrected chi connectivity index (χ2v) is 3.70. The van der Waals surface area contributed by atoms with E-state index in [0.29, 0.717) is 22.9 Å². The molecule has 1 amide bonds. The number of hydrogen-bond acceptors (Lipinski definition) is 3. The van der Waals surface area contributed by atoms with E-state index < -0.39 is 5.97 Å². The molecular formula is C11H12ClNO4. The number of aliphatic carboxylic acids is 1. The number of rotatable bonds is 6. The summed E-state index contributed by atoms with van der Waals surface area (Å²) in [5.74, 6) is -0.510. The number of carbonyl (C=O) groups excluding carboxylic acids is 1. The summed E-state index contributed by atoms with van der Waals surface area (Å²) in [5, 5.41) is 9.03. The molecule has 0 heterocycles. The van der Waals surface area contributed by atoms with Gasteiger partial charge in [0, 0.05) is 11.6 Å². The van der Waals surface area contributed by atoms with Gasteiger partial charge in [-0.25, -0.2) is 0 Å². The SMILES string of the molecule is COc1ccc(Cl)cc1N(C=O)CCC(=O)O. The Balaban J connectivity index is 2.97. The van der Waals surface area contributed by atoms with E-state index in [1.807, 2.05) is 0 Å². The second-order valence-electron chi connectivity index (χ2n) is 3.26. The lowest BCUT2D eigenvalue weighted by molar-refractivity contribution is -0.136. The zero-order valence-electron chi connectivity index (χ0n) is 9.22. The molecule has 92 valence electrons. The number of hydrogen-bond donors (Lipinski definition) is 1. The third-order valence-electron chi connectivity index (χ3n) is 2.14. The first-order valence-electron chi connectivity index (χ1n) is 4.85. The van der Waals surface area contributed by atoms with E-state index in [1.54, 1.807) is 18.2 Å².